The summed E-state index contributed by atoms with van der Waals surface area (Å²) in [6, 6.07) is 0. The average Bonchev–Trinajstić information content (AvgIpc) is 2.60. The summed E-state index contributed by atoms with van der Waals surface area (Å²) in [5.74, 6) is 1.24. The van der Waals surface area contributed by atoms with E-state index in [4.69, 9.17) is 4.43 Å². The summed E-state index contributed by atoms with van der Waals surface area (Å²) in [5.41, 5.74) is 3.21. The van der Waals surface area contributed by atoms with Crippen LogP contribution < -0.4 is 0 Å². The first kappa shape index (κ1) is 12.9. The Labute approximate surface area is 107 Å². The van der Waals surface area contributed by atoms with Crippen molar-refractivity contribution in [1.82, 2.24) is 0 Å². The zero-order valence-corrected chi connectivity index (χ0v) is 13.0. The van der Waals surface area contributed by atoms with Gasteiger partial charge in [-0.1, -0.05) is 26.3 Å². The molecule has 0 saturated carbocycles. The second-order valence-corrected chi connectivity index (χ2v) is 11.6. The van der Waals surface area contributed by atoms with Crippen LogP contribution in [0.15, 0.2) is 23.0 Å². The summed E-state index contributed by atoms with van der Waals surface area (Å²) in [4.78, 5) is 0. The van der Waals surface area contributed by atoms with Gasteiger partial charge >= 0.3 is 0 Å². The molecule has 0 unspecified atom stereocenters. The standard InChI is InChI=1S/C15H26OSi/c1-15(2,3)17(4,5)16-14-11-10-12-8-6-7-9-13(12)14/h11H,6-10H2,1-5H3. The van der Waals surface area contributed by atoms with Gasteiger partial charge in [0.15, 0.2) is 0 Å². The first-order chi connectivity index (χ1) is 7.81. The number of rotatable bonds is 2. The Kier molecular flexibility index (Phi) is 3.28. The van der Waals surface area contributed by atoms with Crippen molar-refractivity contribution in [2.24, 2.45) is 0 Å². The van der Waals surface area contributed by atoms with E-state index in [1.165, 1.54) is 31.4 Å². The van der Waals surface area contributed by atoms with E-state index in [1.54, 1.807) is 11.1 Å². The van der Waals surface area contributed by atoms with Gasteiger partial charge in [0, 0.05) is 0 Å². The average molecular weight is 250 g/mol. The normalized spacial score (nSPS) is 21.4. The minimum atomic E-state index is -1.65. The van der Waals surface area contributed by atoms with Crippen molar-refractivity contribution in [2.75, 3.05) is 0 Å². The summed E-state index contributed by atoms with van der Waals surface area (Å²) in [6.45, 7) is 11.6. The topological polar surface area (TPSA) is 9.23 Å². The quantitative estimate of drug-likeness (QED) is 0.615. The third kappa shape index (κ3) is 2.52. The van der Waals surface area contributed by atoms with Crippen LogP contribution >= 0.6 is 0 Å². The second kappa shape index (κ2) is 4.31. The molecule has 2 rings (SSSR count). The number of hydrogen-bond donors (Lipinski definition) is 0. The zero-order valence-electron chi connectivity index (χ0n) is 12.0. The molecule has 0 fully saturated rings. The molecule has 0 bridgehead atoms. The lowest BCUT2D eigenvalue weighted by Crippen LogP contribution is -2.40. The van der Waals surface area contributed by atoms with Gasteiger partial charge in [0.1, 0.15) is 5.76 Å². The van der Waals surface area contributed by atoms with Crippen molar-refractivity contribution >= 4 is 8.32 Å². The van der Waals surface area contributed by atoms with Gasteiger partial charge in [0.25, 0.3) is 0 Å². The van der Waals surface area contributed by atoms with Crippen LogP contribution in [0.1, 0.15) is 52.9 Å². The lowest BCUT2D eigenvalue weighted by molar-refractivity contribution is 0.389. The number of allylic oxidation sites excluding steroid dienone is 3. The Bertz CT molecular complexity index is 369. The predicted octanol–water partition coefficient (Wildman–Crippen LogP) is 5.17. The van der Waals surface area contributed by atoms with Gasteiger partial charge in [-0.15, -0.1) is 0 Å². The second-order valence-electron chi connectivity index (χ2n) is 6.92. The van der Waals surface area contributed by atoms with Gasteiger partial charge in [0.05, 0.1) is 0 Å². The summed E-state index contributed by atoms with van der Waals surface area (Å²) in [7, 11) is -1.65. The minimum Gasteiger partial charge on any atom is -0.544 e. The molecule has 0 amide bonds. The Morgan fingerprint density at radius 3 is 2.41 bits per heavy atom. The molecule has 0 saturated heterocycles. The Hall–Kier alpha value is -0.503. The fourth-order valence-electron chi connectivity index (χ4n) is 2.36. The highest BCUT2D eigenvalue weighted by Gasteiger charge is 2.40. The van der Waals surface area contributed by atoms with Crippen molar-refractivity contribution in [3.63, 3.8) is 0 Å². The van der Waals surface area contributed by atoms with Crippen LogP contribution in [0, 0.1) is 0 Å². The van der Waals surface area contributed by atoms with Crippen LogP contribution in [0.2, 0.25) is 18.1 Å². The first-order valence-electron chi connectivity index (χ1n) is 6.92. The van der Waals surface area contributed by atoms with Crippen molar-refractivity contribution < 1.29 is 4.43 Å². The van der Waals surface area contributed by atoms with Gasteiger partial charge in [-0.25, -0.2) is 0 Å². The van der Waals surface area contributed by atoms with E-state index in [0.29, 0.717) is 5.04 Å². The van der Waals surface area contributed by atoms with Crippen LogP contribution in [0.4, 0.5) is 0 Å². The fourth-order valence-corrected chi connectivity index (χ4v) is 3.42. The van der Waals surface area contributed by atoms with Gasteiger partial charge < -0.3 is 4.43 Å². The third-order valence-electron chi connectivity index (χ3n) is 4.58. The summed E-state index contributed by atoms with van der Waals surface area (Å²) < 4.78 is 6.47. The molecule has 2 aliphatic rings. The lowest BCUT2D eigenvalue weighted by atomic mass is 9.93. The number of hydrogen-bond acceptors (Lipinski definition) is 1. The molecular weight excluding hydrogens is 224 g/mol. The van der Waals surface area contributed by atoms with E-state index in [9.17, 15) is 0 Å². The van der Waals surface area contributed by atoms with E-state index in [-0.39, 0.29) is 0 Å². The van der Waals surface area contributed by atoms with E-state index in [0.717, 1.165) is 6.42 Å². The smallest absolute Gasteiger partial charge is 0.250 e. The molecule has 96 valence electrons. The molecule has 0 heterocycles. The van der Waals surface area contributed by atoms with Crippen molar-refractivity contribution in [2.45, 2.75) is 71.0 Å². The van der Waals surface area contributed by atoms with Gasteiger partial charge in [-0.2, -0.15) is 0 Å². The van der Waals surface area contributed by atoms with Crippen LogP contribution in [0.3, 0.4) is 0 Å². The van der Waals surface area contributed by atoms with Crippen LogP contribution in [0.5, 0.6) is 0 Å². The predicted molar refractivity (Wildman–Crippen MR) is 76.5 cm³/mol. The van der Waals surface area contributed by atoms with Crippen LogP contribution in [-0.2, 0) is 4.43 Å². The SMILES string of the molecule is CC(C)(C)[Si](C)(C)OC1=CCC2=C1CCCC2. The zero-order chi connectivity index (χ0) is 12.7. The largest absolute Gasteiger partial charge is 0.544 e. The molecule has 0 aromatic carbocycles. The van der Waals surface area contributed by atoms with E-state index >= 15 is 0 Å². The monoisotopic (exact) mass is 250 g/mol. The van der Waals surface area contributed by atoms with Crippen molar-refractivity contribution in [3.8, 4) is 0 Å². The summed E-state index contributed by atoms with van der Waals surface area (Å²) >= 11 is 0. The summed E-state index contributed by atoms with van der Waals surface area (Å²) in [5, 5.41) is 0.297. The van der Waals surface area contributed by atoms with Gasteiger partial charge in [-0.3, -0.25) is 0 Å². The minimum absolute atomic E-state index is 0.297. The highest BCUT2D eigenvalue weighted by molar-refractivity contribution is 6.74. The molecule has 0 radical (unpaired) electrons. The molecule has 17 heavy (non-hydrogen) atoms. The maximum absolute atomic E-state index is 6.47. The molecule has 0 spiro atoms. The van der Waals surface area contributed by atoms with Crippen molar-refractivity contribution in [1.29, 1.82) is 0 Å². The molecular formula is C15H26OSi. The van der Waals surface area contributed by atoms with E-state index < -0.39 is 8.32 Å². The highest BCUT2D eigenvalue weighted by Crippen LogP contribution is 2.43. The molecule has 0 N–H and O–H groups in total. The molecule has 0 atom stereocenters. The molecule has 2 aliphatic carbocycles. The first-order valence-corrected chi connectivity index (χ1v) is 9.82. The van der Waals surface area contributed by atoms with Gasteiger partial charge in [-0.05, 0) is 61.9 Å². The van der Waals surface area contributed by atoms with Crippen LogP contribution in [-0.4, -0.2) is 8.32 Å². The molecule has 0 aromatic rings. The molecule has 2 heteroatoms. The molecule has 0 aliphatic heterocycles. The van der Waals surface area contributed by atoms with Crippen molar-refractivity contribution in [3.05, 3.63) is 23.0 Å². The Balaban J connectivity index is 2.13. The lowest BCUT2D eigenvalue weighted by Gasteiger charge is -2.37. The maximum atomic E-state index is 6.47. The Morgan fingerprint density at radius 2 is 1.76 bits per heavy atom. The molecule has 0 aromatic heterocycles. The fraction of sp³-hybridized carbons (Fsp3) is 0.733. The van der Waals surface area contributed by atoms with Gasteiger partial charge in [0.2, 0.25) is 8.32 Å². The third-order valence-corrected chi connectivity index (χ3v) is 8.93. The summed E-state index contributed by atoms with van der Waals surface area (Å²) in [6.07, 6.45) is 8.75. The highest BCUT2D eigenvalue weighted by atomic mass is 28.4. The van der Waals surface area contributed by atoms with Crippen LogP contribution in [0.25, 0.3) is 0 Å². The van der Waals surface area contributed by atoms with E-state index in [1.807, 2.05) is 0 Å². The maximum Gasteiger partial charge on any atom is 0.250 e. The molecule has 1 nitrogen and oxygen atoms in total. The van der Waals surface area contributed by atoms with E-state index in [2.05, 4.69) is 39.9 Å². The Morgan fingerprint density at radius 1 is 1.12 bits per heavy atom.